The molecule has 164 valence electrons. The molecule has 0 aliphatic carbocycles. The first-order valence-corrected chi connectivity index (χ1v) is 10.5. The lowest BCUT2D eigenvalue weighted by Gasteiger charge is -2.08. The maximum absolute atomic E-state index is 12.4. The molecule has 0 aliphatic heterocycles. The fraction of sp³-hybridized carbons (Fsp3) is 0.0741. The average molecular weight is 437 g/mol. The first-order chi connectivity index (χ1) is 16.0. The second kappa shape index (κ2) is 9.78. The number of esters is 1. The third kappa shape index (κ3) is 5.25. The zero-order chi connectivity index (χ0) is 23.2. The van der Waals surface area contributed by atoms with E-state index in [9.17, 15) is 9.59 Å². The predicted octanol–water partition coefficient (Wildman–Crippen LogP) is 5.16. The summed E-state index contributed by atoms with van der Waals surface area (Å²) < 4.78 is 7.42. The van der Waals surface area contributed by atoms with Crippen molar-refractivity contribution in [3.63, 3.8) is 0 Å². The number of amides is 1. The number of carbonyl (C=O) groups excluding carboxylic acids is 2. The maximum Gasteiger partial charge on any atom is 0.343 e. The summed E-state index contributed by atoms with van der Waals surface area (Å²) in [5.41, 5.74) is 6.89. The number of aromatic nitrogens is 1. The number of benzene rings is 3. The molecule has 33 heavy (non-hydrogen) atoms. The summed E-state index contributed by atoms with van der Waals surface area (Å²) in [5.74, 6) is -0.259. The van der Waals surface area contributed by atoms with Gasteiger partial charge in [0.15, 0.2) is 0 Å². The molecule has 0 saturated carbocycles. The van der Waals surface area contributed by atoms with E-state index in [1.807, 2.05) is 60.3 Å². The summed E-state index contributed by atoms with van der Waals surface area (Å²) in [6.07, 6.45) is 3.88. The van der Waals surface area contributed by atoms with Crippen LogP contribution < -0.4 is 10.2 Å². The molecule has 0 fully saturated rings. The highest BCUT2D eigenvalue weighted by Crippen LogP contribution is 2.16. The first-order valence-electron chi connectivity index (χ1n) is 10.5. The number of hydrogen-bond donors (Lipinski definition) is 1. The summed E-state index contributed by atoms with van der Waals surface area (Å²) in [4.78, 5) is 24.8. The van der Waals surface area contributed by atoms with Crippen LogP contribution in [0.1, 0.15) is 38.8 Å². The van der Waals surface area contributed by atoms with Crippen LogP contribution in [0.5, 0.6) is 5.75 Å². The van der Waals surface area contributed by atoms with Gasteiger partial charge in [-0.1, -0.05) is 18.2 Å². The molecule has 4 rings (SSSR count). The Kier molecular flexibility index (Phi) is 6.45. The van der Waals surface area contributed by atoms with Crippen molar-refractivity contribution in [1.29, 1.82) is 0 Å². The molecule has 0 spiro atoms. The molecule has 0 saturated heterocycles. The summed E-state index contributed by atoms with van der Waals surface area (Å²) in [7, 11) is 0. The van der Waals surface area contributed by atoms with Gasteiger partial charge in [-0.25, -0.2) is 10.2 Å². The number of ether oxygens (including phenoxy) is 1. The van der Waals surface area contributed by atoms with E-state index in [0.29, 0.717) is 22.6 Å². The third-order valence-corrected chi connectivity index (χ3v) is 5.20. The van der Waals surface area contributed by atoms with Crippen molar-refractivity contribution in [2.75, 3.05) is 0 Å². The van der Waals surface area contributed by atoms with E-state index in [4.69, 9.17) is 4.74 Å². The van der Waals surface area contributed by atoms with Gasteiger partial charge in [-0.3, -0.25) is 4.79 Å². The van der Waals surface area contributed by atoms with Crippen LogP contribution in [-0.2, 0) is 0 Å². The first kappa shape index (κ1) is 21.8. The van der Waals surface area contributed by atoms with Gasteiger partial charge in [0, 0.05) is 23.6 Å². The highest BCUT2D eigenvalue weighted by atomic mass is 16.5. The Balaban J connectivity index is 1.37. The summed E-state index contributed by atoms with van der Waals surface area (Å²) in [6, 6.07) is 25.4. The van der Waals surface area contributed by atoms with Crippen molar-refractivity contribution < 1.29 is 14.3 Å². The van der Waals surface area contributed by atoms with E-state index in [1.165, 1.54) is 0 Å². The molecule has 0 atom stereocenters. The SMILES string of the molecule is C/C(=N\NC(=O)c1ccc(-n2cccc2)cc1)c1ccc(OC(=O)c2ccccc2C)cc1. The van der Waals surface area contributed by atoms with Gasteiger partial charge in [0.25, 0.3) is 5.91 Å². The minimum Gasteiger partial charge on any atom is -0.423 e. The molecular weight excluding hydrogens is 414 g/mol. The van der Waals surface area contributed by atoms with Gasteiger partial charge in [0.1, 0.15) is 5.75 Å². The molecule has 6 heteroatoms. The van der Waals surface area contributed by atoms with E-state index >= 15 is 0 Å². The number of aryl methyl sites for hydroxylation is 1. The second-order valence-corrected chi connectivity index (χ2v) is 7.50. The van der Waals surface area contributed by atoms with Gasteiger partial charge in [-0.05, 0) is 91.7 Å². The normalized spacial score (nSPS) is 11.2. The zero-order valence-corrected chi connectivity index (χ0v) is 18.4. The van der Waals surface area contributed by atoms with E-state index in [-0.39, 0.29) is 5.91 Å². The highest BCUT2D eigenvalue weighted by molar-refractivity contribution is 6.01. The number of hydrazone groups is 1. The van der Waals surface area contributed by atoms with Gasteiger partial charge < -0.3 is 9.30 Å². The van der Waals surface area contributed by atoms with Crippen molar-refractivity contribution in [1.82, 2.24) is 9.99 Å². The van der Waals surface area contributed by atoms with Gasteiger partial charge >= 0.3 is 5.97 Å². The van der Waals surface area contributed by atoms with Crippen molar-refractivity contribution in [3.8, 4) is 11.4 Å². The van der Waals surface area contributed by atoms with Crippen molar-refractivity contribution >= 4 is 17.6 Å². The topological polar surface area (TPSA) is 72.7 Å². The van der Waals surface area contributed by atoms with Crippen LogP contribution in [-0.4, -0.2) is 22.2 Å². The number of rotatable bonds is 6. The zero-order valence-electron chi connectivity index (χ0n) is 18.4. The van der Waals surface area contributed by atoms with Crippen molar-refractivity contribution in [3.05, 3.63) is 120 Å². The lowest BCUT2D eigenvalue weighted by molar-refractivity contribution is 0.0733. The molecular formula is C27H23N3O3. The van der Waals surface area contributed by atoms with Crippen LogP contribution in [0.25, 0.3) is 5.69 Å². The Morgan fingerprint density at radius 2 is 1.45 bits per heavy atom. The van der Waals surface area contributed by atoms with Crippen LogP contribution in [0.15, 0.2) is 102 Å². The Hall–Kier alpha value is -4.45. The van der Waals surface area contributed by atoms with Gasteiger partial charge in [0.2, 0.25) is 0 Å². The number of nitrogens with one attached hydrogen (secondary N) is 1. The third-order valence-electron chi connectivity index (χ3n) is 5.20. The Morgan fingerprint density at radius 3 is 2.12 bits per heavy atom. The number of nitrogens with zero attached hydrogens (tertiary/aromatic N) is 2. The minimum absolute atomic E-state index is 0.294. The number of hydrogen-bond acceptors (Lipinski definition) is 4. The predicted molar refractivity (Wildman–Crippen MR) is 128 cm³/mol. The monoisotopic (exact) mass is 437 g/mol. The highest BCUT2D eigenvalue weighted by Gasteiger charge is 2.11. The molecule has 3 aromatic carbocycles. The minimum atomic E-state index is -0.402. The average Bonchev–Trinajstić information content (AvgIpc) is 3.38. The Labute approximate surface area is 192 Å². The molecule has 1 heterocycles. The van der Waals surface area contributed by atoms with Gasteiger partial charge in [-0.15, -0.1) is 0 Å². The maximum atomic E-state index is 12.4. The standard InChI is InChI=1S/C27H23N3O3/c1-19-7-3-4-8-25(19)27(32)33-24-15-11-21(12-16-24)20(2)28-29-26(31)22-9-13-23(14-10-22)30-17-5-6-18-30/h3-18H,1-2H3,(H,29,31)/b28-20+. The summed E-state index contributed by atoms with van der Waals surface area (Å²) in [5, 5.41) is 4.20. The van der Waals surface area contributed by atoms with Gasteiger partial charge in [-0.2, -0.15) is 5.10 Å². The fourth-order valence-corrected chi connectivity index (χ4v) is 3.28. The van der Waals surface area contributed by atoms with Crippen LogP contribution in [0.4, 0.5) is 0 Å². The van der Waals surface area contributed by atoms with Gasteiger partial charge in [0.05, 0.1) is 11.3 Å². The summed E-state index contributed by atoms with van der Waals surface area (Å²) >= 11 is 0. The van der Waals surface area contributed by atoms with E-state index in [2.05, 4.69) is 10.5 Å². The largest absolute Gasteiger partial charge is 0.423 e. The lowest BCUT2D eigenvalue weighted by atomic mass is 10.1. The molecule has 0 unspecified atom stereocenters. The molecule has 0 bridgehead atoms. The van der Waals surface area contributed by atoms with E-state index < -0.39 is 5.97 Å². The molecule has 0 aliphatic rings. The molecule has 6 nitrogen and oxygen atoms in total. The lowest BCUT2D eigenvalue weighted by Crippen LogP contribution is -2.19. The van der Waals surface area contributed by atoms with Crippen LogP contribution in [0.3, 0.4) is 0 Å². The molecule has 1 amide bonds. The van der Waals surface area contributed by atoms with Crippen molar-refractivity contribution in [2.24, 2.45) is 5.10 Å². The quantitative estimate of drug-likeness (QED) is 0.196. The van der Waals surface area contributed by atoms with Crippen LogP contribution >= 0.6 is 0 Å². The van der Waals surface area contributed by atoms with E-state index in [1.54, 1.807) is 55.5 Å². The van der Waals surface area contributed by atoms with Crippen LogP contribution in [0.2, 0.25) is 0 Å². The molecule has 0 radical (unpaired) electrons. The molecule has 4 aromatic rings. The fourth-order valence-electron chi connectivity index (χ4n) is 3.28. The number of carbonyl (C=O) groups is 2. The van der Waals surface area contributed by atoms with Crippen molar-refractivity contribution in [2.45, 2.75) is 13.8 Å². The molecule has 1 N–H and O–H groups in total. The van der Waals surface area contributed by atoms with E-state index in [0.717, 1.165) is 16.8 Å². The Bertz CT molecular complexity index is 1290. The van der Waals surface area contributed by atoms with Crippen LogP contribution in [0, 0.1) is 6.92 Å². The smallest absolute Gasteiger partial charge is 0.343 e. The second-order valence-electron chi connectivity index (χ2n) is 7.50. The molecule has 1 aromatic heterocycles. The summed E-state index contributed by atoms with van der Waals surface area (Å²) in [6.45, 7) is 3.66. The Morgan fingerprint density at radius 1 is 0.818 bits per heavy atom.